The number of H-pyrrole nitrogens is 2. The topological polar surface area (TPSA) is 177 Å². The molecule has 0 aliphatic carbocycles. The highest BCUT2D eigenvalue weighted by molar-refractivity contribution is 5.97. The average molecular weight is 322 g/mol. The summed E-state index contributed by atoms with van der Waals surface area (Å²) in [6, 6.07) is 0. The highest BCUT2D eigenvalue weighted by Crippen LogP contribution is 2.10. The van der Waals surface area contributed by atoms with Gasteiger partial charge in [0, 0.05) is 0 Å². The smallest absolute Gasteiger partial charge is 0.236 e. The van der Waals surface area contributed by atoms with Gasteiger partial charge < -0.3 is 0 Å². The molecule has 3 heterocycles. The molecule has 0 atom stereocenters. The molecule has 2 N–H and O–H groups in total. The molecule has 5 rings (SSSR count). The zero-order valence-corrected chi connectivity index (χ0v) is 11.3. The van der Waals surface area contributed by atoms with E-state index >= 15 is 0 Å². The van der Waals surface area contributed by atoms with E-state index in [-0.39, 0.29) is 44.1 Å². The third-order valence-electron chi connectivity index (χ3n) is 3.71. The van der Waals surface area contributed by atoms with Crippen molar-refractivity contribution in [2.45, 2.75) is 0 Å². The normalized spacial score (nSPS) is 12.0. The molecule has 0 spiro atoms. The molecule has 0 fully saturated rings. The summed E-state index contributed by atoms with van der Waals surface area (Å²) in [6.07, 6.45) is 0. The highest BCUT2D eigenvalue weighted by atomic mass is 16.1. The quantitative estimate of drug-likeness (QED) is 0.293. The fourth-order valence-corrected chi connectivity index (χ4v) is 2.61. The Bertz CT molecular complexity index is 1310. The Balaban J connectivity index is 2.20. The van der Waals surface area contributed by atoms with E-state index in [1.165, 1.54) is 0 Å². The molecular formula is C12H2N8O4. The van der Waals surface area contributed by atoms with Gasteiger partial charge in [-0.2, -0.15) is 30.8 Å². The van der Waals surface area contributed by atoms with Gasteiger partial charge in [0.05, 0.1) is 0 Å². The Kier molecular flexibility index (Phi) is 2.02. The van der Waals surface area contributed by atoms with Crippen LogP contribution in [0.2, 0.25) is 0 Å². The van der Waals surface area contributed by atoms with Crippen LogP contribution >= 0.6 is 0 Å². The first-order valence-corrected chi connectivity index (χ1v) is 6.50. The lowest BCUT2D eigenvalue weighted by Gasteiger charge is -1.98. The third kappa shape index (κ3) is 1.28. The Morgan fingerprint density at radius 3 is 0.917 bits per heavy atom. The Labute approximate surface area is 126 Å². The van der Waals surface area contributed by atoms with Gasteiger partial charge in [0.25, 0.3) is 0 Å². The Morgan fingerprint density at radius 2 is 0.667 bits per heavy atom. The molecule has 12 nitrogen and oxygen atoms in total. The van der Waals surface area contributed by atoms with Crippen LogP contribution in [-0.4, -0.2) is 40.8 Å². The molecule has 24 heavy (non-hydrogen) atoms. The molecule has 0 bridgehead atoms. The lowest BCUT2D eigenvalue weighted by atomic mass is 10.2. The second kappa shape index (κ2) is 3.87. The second-order valence-electron chi connectivity index (χ2n) is 4.98. The van der Waals surface area contributed by atoms with Gasteiger partial charge in [0.15, 0.2) is 22.1 Å². The van der Waals surface area contributed by atoms with Crippen LogP contribution in [0.1, 0.15) is 0 Å². The third-order valence-corrected chi connectivity index (χ3v) is 3.71. The number of hydrogen-bond acceptors (Lipinski definition) is 10. The van der Waals surface area contributed by atoms with E-state index < -0.39 is 21.7 Å². The van der Waals surface area contributed by atoms with Crippen LogP contribution in [0.4, 0.5) is 0 Å². The largest absolute Gasteiger partial charge is 0.285 e. The lowest BCUT2D eigenvalue weighted by Crippen LogP contribution is -2.21. The summed E-state index contributed by atoms with van der Waals surface area (Å²) in [5.74, 6) is 0. The van der Waals surface area contributed by atoms with Crippen LogP contribution < -0.4 is 21.7 Å². The van der Waals surface area contributed by atoms with Crippen molar-refractivity contribution in [3.05, 3.63) is 40.9 Å². The molecule has 0 saturated heterocycles. The van der Waals surface area contributed by atoms with Crippen molar-refractivity contribution in [1.29, 1.82) is 0 Å². The van der Waals surface area contributed by atoms with E-state index in [0.29, 0.717) is 0 Å². The second-order valence-corrected chi connectivity index (χ2v) is 4.98. The summed E-state index contributed by atoms with van der Waals surface area (Å²) >= 11 is 0. The highest BCUT2D eigenvalue weighted by Gasteiger charge is 2.21. The first-order chi connectivity index (χ1) is 11.6. The van der Waals surface area contributed by atoms with Crippen molar-refractivity contribution in [2.75, 3.05) is 0 Å². The van der Waals surface area contributed by atoms with Crippen LogP contribution in [0.5, 0.6) is 0 Å². The minimum atomic E-state index is -0.713. The number of nitrogens with one attached hydrogen (secondary N) is 2. The monoisotopic (exact) mass is 322 g/mol. The Morgan fingerprint density at radius 1 is 0.417 bits per heavy atom. The van der Waals surface area contributed by atoms with Gasteiger partial charge in [0.1, 0.15) is 22.1 Å². The maximum absolute atomic E-state index is 12.4. The van der Waals surface area contributed by atoms with Gasteiger partial charge in [-0.25, -0.2) is 9.97 Å². The zero-order chi connectivity index (χ0) is 16.6. The van der Waals surface area contributed by atoms with E-state index in [2.05, 4.69) is 40.8 Å². The minimum absolute atomic E-state index is 0.210. The van der Waals surface area contributed by atoms with E-state index in [9.17, 15) is 19.2 Å². The van der Waals surface area contributed by atoms with Crippen LogP contribution in [-0.2, 0) is 0 Å². The molecule has 0 saturated carbocycles. The summed E-state index contributed by atoms with van der Waals surface area (Å²) in [5, 5.41) is 18.8. The van der Waals surface area contributed by atoms with Crippen molar-refractivity contribution >= 4 is 44.1 Å². The lowest BCUT2D eigenvalue weighted by molar-refractivity contribution is 0.957. The van der Waals surface area contributed by atoms with Crippen LogP contribution in [0.15, 0.2) is 19.2 Å². The maximum atomic E-state index is 12.4. The van der Waals surface area contributed by atoms with Gasteiger partial charge in [0.2, 0.25) is 21.7 Å². The van der Waals surface area contributed by atoms with Crippen molar-refractivity contribution in [2.24, 2.45) is 0 Å². The summed E-state index contributed by atoms with van der Waals surface area (Å²) in [4.78, 5) is 57.3. The molecule has 0 aliphatic rings. The number of hydrogen-bond donors (Lipinski definition) is 2. The molecule has 5 aromatic rings. The molecule has 0 radical (unpaired) electrons. The molecule has 12 heteroatoms. The van der Waals surface area contributed by atoms with Gasteiger partial charge >= 0.3 is 0 Å². The van der Waals surface area contributed by atoms with E-state index in [1.807, 2.05) is 0 Å². The molecule has 0 unspecified atom stereocenters. The van der Waals surface area contributed by atoms with Crippen LogP contribution in [0, 0.1) is 0 Å². The SMILES string of the molecule is O=c1c2n[nH]nc2c(=O)c2nc3c(=O)c4n[nH]nc4c(=O)c3nc12. The summed E-state index contributed by atoms with van der Waals surface area (Å²) in [7, 11) is 0. The first-order valence-electron chi connectivity index (χ1n) is 6.50. The minimum Gasteiger partial charge on any atom is -0.285 e. The number of nitrogens with zero attached hydrogens (tertiary/aromatic N) is 6. The van der Waals surface area contributed by atoms with Gasteiger partial charge in [-0.15, -0.1) is 0 Å². The zero-order valence-electron chi connectivity index (χ0n) is 11.3. The van der Waals surface area contributed by atoms with Crippen molar-refractivity contribution in [3.8, 4) is 0 Å². The number of aromatic amines is 2. The van der Waals surface area contributed by atoms with Crippen LogP contribution in [0.3, 0.4) is 0 Å². The van der Waals surface area contributed by atoms with Crippen LogP contribution in [0.25, 0.3) is 44.1 Å². The molecule has 0 aliphatic heterocycles. The van der Waals surface area contributed by atoms with Crippen molar-refractivity contribution in [1.82, 2.24) is 40.8 Å². The van der Waals surface area contributed by atoms with Gasteiger partial charge in [-0.3, -0.25) is 19.2 Å². The molecule has 2 aromatic carbocycles. The summed E-state index contributed by atoms with van der Waals surface area (Å²) in [5.41, 5.74) is -5.11. The first kappa shape index (κ1) is 12.6. The number of aromatic nitrogens is 8. The fraction of sp³-hybridized carbons (Fsp3) is 0. The average Bonchev–Trinajstić information content (AvgIpc) is 3.25. The molecule has 3 aromatic heterocycles. The molecule has 114 valence electrons. The summed E-state index contributed by atoms with van der Waals surface area (Å²) < 4.78 is 0. The van der Waals surface area contributed by atoms with Gasteiger partial charge in [-0.05, 0) is 0 Å². The van der Waals surface area contributed by atoms with E-state index in [4.69, 9.17) is 0 Å². The predicted octanol–water partition coefficient (Wildman–Crippen LogP) is -2.36. The fourth-order valence-electron chi connectivity index (χ4n) is 2.61. The predicted molar refractivity (Wildman–Crippen MR) is 79.4 cm³/mol. The standard InChI is InChI=1S/C12H2N8O4/c21-9-1-2(10(22)6-5(9)15-19-16-6)14-4-3(13-1)11(23)7-8(12(4)24)18-20-17-7/h(H,15,16,19)(H,17,18,20). The number of fused-ring (bicyclic) bond motifs is 4. The maximum Gasteiger partial charge on any atom is 0.236 e. The van der Waals surface area contributed by atoms with Crippen molar-refractivity contribution < 1.29 is 0 Å². The number of rotatable bonds is 0. The van der Waals surface area contributed by atoms with E-state index in [0.717, 1.165) is 0 Å². The van der Waals surface area contributed by atoms with Crippen molar-refractivity contribution in [3.63, 3.8) is 0 Å². The van der Waals surface area contributed by atoms with E-state index in [1.54, 1.807) is 0 Å². The van der Waals surface area contributed by atoms with Gasteiger partial charge in [-0.1, -0.05) is 0 Å². The number of benzene rings is 2. The molecule has 0 amide bonds. The molecular weight excluding hydrogens is 320 g/mol. The summed E-state index contributed by atoms with van der Waals surface area (Å²) in [6.45, 7) is 0. The Hall–Kier alpha value is -3.96.